The van der Waals surface area contributed by atoms with Crippen LogP contribution < -0.4 is 5.73 Å². The highest BCUT2D eigenvalue weighted by molar-refractivity contribution is 5.94. The molecular formula is C21H22N4O. The van der Waals surface area contributed by atoms with Crippen LogP contribution in [-0.4, -0.2) is 39.5 Å². The Balaban J connectivity index is 1.44. The smallest absolute Gasteiger partial charge is 0.253 e. The van der Waals surface area contributed by atoms with Gasteiger partial charge in [0.15, 0.2) is 0 Å². The van der Waals surface area contributed by atoms with Crippen LogP contribution in [0.25, 0.3) is 0 Å². The first-order valence-electron chi connectivity index (χ1n) is 8.85. The first-order valence-corrected chi connectivity index (χ1v) is 8.85. The molecule has 1 saturated heterocycles. The fourth-order valence-electron chi connectivity index (χ4n) is 3.57. The van der Waals surface area contributed by atoms with E-state index in [0.29, 0.717) is 18.7 Å². The van der Waals surface area contributed by atoms with Crippen molar-refractivity contribution in [1.29, 1.82) is 0 Å². The van der Waals surface area contributed by atoms with Gasteiger partial charge in [-0.05, 0) is 23.3 Å². The van der Waals surface area contributed by atoms with Gasteiger partial charge < -0.3 is 15.2 Å². The zero-order valence-electron chi connectivity index (χ0n) is 14.5. The van der Waals surface area contributed by atoms with Gasteiger partial charge in [0.1, 0.15) is 0 Å². The van der Waals surface area contributed by atoms with E-state index in [1.807, 2.05) is 58.1 Å². The van der Waals surface area contributed by atoms with Crippen LogP contribution in [0.15, 0.2) is 73.3 Å². The Hall–Kier alpha value is -2.92. The first-order chi connectivity index (χ1) is 12.7. The third-order valence-corrected chi connectivity index (χ3v) is 5.01. The summed E-state index contributed by atoms with van der Waals surface area (Å²) in [6, 6.07) is 18.0. The highest BCUT2D eigenvalue weighted by atomic mass is 16.2. The van der Waals surface area contributed by atoms with Crippen molar-refractivity contribution in [3.8, 4) is 0 Å². The largest absolute Gasteiger partial charge is 0.336 e. The zero-order chi connectivity index (χ0) is 17.9. The molecule has 1 aromatic heterocycles. The third-order valence-electron chi connectivity index (χ3n) is 5.01. The van der Waals surface area contributed by atoms with Gasteiger partial charge in [-0.1, -0.05) is 42.5 Å². The van der Waals surface area contributed by atoms with Crippen molar-refractivity contribution in [3.05, 3.63) is 90.0 Å². The number of hydrogen-bond donors (Lipinski definition) is 1. The number of nitrogens with zero attached hydrogens (tertiary/aromatic N) is 3. The highest BCUT2D eigenvalue weighted by Crippen LogP contribution is 2.27. The Morgan fingerprint density at radius 2 is 1.85 bits per heavy atom. The van der Waals surface area contributed by atoms with Crippen LogP contribution in [-0.2, 0) is 6.54 Å². The molecule has 2 atom stereocenters. The molecule has 2 aromatic carbocycles. The number of amides is 1. The fraction of sp³-hybridized carbons (Fsp3) is 0.238. The zero-order valence-corrected chi connectivity index (χ0v) is 14.5. The van der Waals surface area contributed by atoms with Gasteiger partial charge in [0.05, 0.1) is 6.33 Å². The number of benzene rings is 2. The standard InChI is InChI=1S/C21H22N4O/c22-20-14-25(13-19(20)17-4-2-1-3-5-17)21(26)18-8-6-16(7-9-18)12-24-11-10-23-15-24/h1-11,15,19-20H,12-14,22H2/t19-,20+/m0/s1. The van der Waals surface area contributed by atoms with Crippen molar-refractivity contribution in [2.24, 2.45) is 5.73 Å². The average Bonchev–Trinajstić information content (AvgIpc) is 3.32. The summed E-state index contributed by atoms with van der Waals surface area (Å²) in [6.45, 7) is 2.01. The van der Waals surface area contributed by atoms with Crippen molar-refractivity contribution in [3.63, 3.8) is 0 Å². The van der Waals surface area contributed by atoms with Gasteiger partial charge >= 0.3 is 0 Å². The van der Waals surface area contributed by atoms with Crippen molar-refractivity contribution in [2.45, 2.75) is 18.5 Å². The molecular weight excluding hydrogens is 324 g/mol. The molecule has 3 aromatic rings. The van der Waals surface area contributed by atoms with Crippen molar-refractivity contribution < 1.29 is 4.79 Å². The number of imidazole rings is 1. The lowest BCUT2D eigenvalue weighted by molar-refractivity contribution is 0.0789. The van der Waals surface area contributed by atoms with E-state index in [1.54, 1.807) is 12.5 Å². The maximum Gasteiger partial charge on any atom is 0.253 e. The molecule has 0 saturated carbocycles. The van der Waals surface area contributed by atoms with Crippen LogP contribution in [0.5, 0.6) is 0 Å². The van der Waals surface area contributed by atoms with E-state index in [1.165, 1.54) is 5.56 Å². The van der Waals surface area contributed by atoms with E-state index in [-0.39, 0.29) is 17.9 Å². The summed E-state index contributed by atoms with van der Waals surface area (Å²) in [7, 11) is 0. The highest BCUT2D eigenvalue weighted by Gasteiger charge is 2.34. The summed E-state index contributed by atoms with van der Waals surface area (Å²) in [6.07, 6.45) is 5.47. The third kappa shape index (κ3) is 3.39. The molecule has 5 heteroatoms. The molecule has 1 fully saturated rings. The summed E-state index contributed by atoms with van der Waals surface area (Å²) >= 11 is 0. The van der Waals surface area contributed by atoms with Gasteiger partial charge in [0.25, 0.3) is 5.91 Å². The molecule has 132 valence electrons. The molecule has 0 aliphatic carbocycles. The van der Waals surface area contributed by atoms with Crippen molar-refractivity contribution >= 4 is 5.91 Å². The molecule has 0 radical (unpaired) electrons. The molecule has 1 aliphatic rings. The van der Waals surface area contributed by atoms with Crippen LogP contribution in [0.2, 0.25) is 0 Å². The van der Waals surface area contributed by atoms with Gasteiger partial charge in [0.2, 0.25) is 0 Å². The lowest BCUT2D eigenvalue weighted by Crippen LogP contribution is -2.32. The summed E-state index contributed by atoms with van der Waals surface area (Å²) < 4.78 is 2.00. The number of likely N-dealkylation sites (tertiary alicyclic amines) is 1. The molecule has 2 heterocycles. The van der Waals surface area contributed by atoms with Gasteiger partial charge in [0, 0.05) is 49.6 Å². The average molecular weight is 346 g/mol. The Kier molecular flexibility index (Phi) is 4.54. The number of nitrogens with two attached hydrogens (primary N) is 1. The molecule has 0 unspecified atom stereocenters. The van der Waals surface area contributed by atoms with E-state index in [0.717, 1.165) is 12.1 Å². The topological polar surface area (TPSA) is 64.2 Å². The maximum atomic E-state index is 12.9. The summed E-state index contributed by atoms with van der Waals surface area (Å²) in [5.41, 5.74) is 9.36. The molecule has 0 bridgehead atoms. The van der Waals surface area contributed by atoms with Crippen LogP contribution in [0, 0.1) is 0 Å². The predicted octanol–water partition coefficient (Wildman–Crippen LogP) is 2.50. The van der Waals surface area contributed by atoms with Crippen molar-refractivity contribution in [1.82, 2.24) is 14.5 Å². The van der Waals surface area contributed by atoms with Gasteiger partial charge in [-0.2, -0.15) is 0 Å². The van der Waals surface area contributed by atoms with Crippen molar-refractivity contribution in [2.75, 3.05) is 13.1 Å². The summed E-state index contributed by atoms with van der Waals surface area (Å²) in [4.78, 5) is 18.8. The predicted molar refractivity (Wildman–Crippen MR) is 101 cm³/mol. The minimum atomic E-state index is -0.0261. The van der Waals surface area contributed by atoms with Crippen LogP contribution >= 0.6 is 0 Å². The molecule has 1 amide bonds. The van der Waals surface area contributed by atoms with Gasteiger partial charge in [-0.25, -0.2) is 4.98 Å². The van der Waals surface area contributed by atoms with Crippen LogP contribution in [0.1, 0.15) is 27.4 Å². The lowest BCUT2D eigenvalue weighted by Gasteiger charge is -2.17. The SMILES string of the molecule is N[C@@H]1CN(C(=O)c2ccc(Cn3ccnc3)cc2)C[C@H]1c1ccccc1. The molecule has 26 heavy (non-hydrogen) atoms. The second-order valence-corrected chi connectivity index (χ2v) is 6.82. The molecule has 4 rings (SSSR count). The summed E-state index contributed by atoms with van der Waals surface area (Å²) in [5, 5.41) is 0. The number of rotatable bonds is 4. The van der Waals surface area contributed by atoms with E-state index < -0.39 is 0 Å². The second-order valence-electron chi connectivity index (χ2n) is 6.82. The van der Waals surface area contributed by atoms with Crippen LogP contribution in [0.3, 0.4) is 0 Å². The lowest BCUT2D eigenvalue weighted by atomic mass is 9.95. The minimum absolute atomic E-state index is 0.0261. The molecule has 0 spiro atoms. The monoisotopic (exact) mass is 346 g/mol. The number of carbonyl (C=O) groups excluding carboxylic acids is 1. The quantitative estimate of drug-likeness (QED) is 0.789. The van der Waals surface area contributed by atoms with E-state index in [9.17, 15) is 4.79 Å². The maximum absolute atomic E-state index is 12.9. The Labute approximate surface area is 153 Å². The molecule has 1 aliphatic heterocycles. The minimum Gasteiger partial charge on any atom is -0.336 e. The van der Waals surface area contributed by atoms with Crippen LogP contribution in [0.4, 0.5) is 0 Å². The Bertz CT molecular complexity index is 859. The number of carbonyl (C=O) groups is 1. The molecule has 2 N–H and O–H groups in total. The molecule has 5 nitrogen and oxygen atoms in total. The number of hydrogen-bond acceptors (Lipinski definition) is 3. The normalized spacial score (nSPS) is 19.7. The van der Waals surface area contributed by atoms with Gasteiger partial charge in [-0.3, -0.25) is 4.79 Å². The van der Waals surface area contributed by atoms with E-state index in [4.69, 9.17) is 5.73 Å². The van der Waals surface area contributed by atoms with E-state index in [2.05, 4.69) is 17.1 Å². The summed E-state index contributed by atoms with van der Waals surface area (Å²) in [5.74, 6) is 0.244. The fourth-order valence-corrected chi connectivity index (χ4v) is 3.57. The van der Waals surface area contributed by atoms with E-state index >= 15 is 0 Å². The first kappa shape index (κ1) is 16.5. The number of aromatic nitrogens is 2. The second kappa shape index (κ2) is 7.14. The van der Waals surface area contributed by atoms with Gasteiger partial charge in [-0.15, -0.1) is 0 Å². The Morgan fingerprint density at radius 3 is 2.54 bits per heavy atom. The Morgan fingerprint density at radius 1 is 1.08 bits per heavy atom.